The van der Waals surface area contributed by atoms with E-state index in [2.05, 4.69) is 4.98 Å². The molecule has 0 radical (unpaired) electrons. The molecule has 1 heterocycles. The van der Waals surface area contributed by atoms with Gasteiger partial charge in [0.15, 0.2) is 5.82 Å². The third-order valence-corrected chi connectivity index (χ3v) is 3.65. The first-order chi connectivity index (χ1) is 11.5. The minimum Gasteiger partial charge on any atom is -0.383 e. The van der Waals surface area contributed by atoms with E-state index in [4.69, 9.17) is 0 Å². The third kappa shape index (κ3) is 3.35. The highest BCUT2D eigenvalue weighted by molar-refractivity contribution is 6.04. The molecule has 0 unspecified atom stereocenters. The maximum absolute atomic E-state index is 13.1. The minimum absolute atomic E-state index is 0.165. The number of ketones is 1. The molecule has 0 spiro atoms. The second-order valence-electron chi connectivity index (χ2n) is 5.78. The van der Waals surface area contributed by atoms with Gasteiger partial charge in [0.25, 0.3) is 0 Å². The molecule has 3 aromatic rings. The van der Waals surface area contributed by atoms with Gasteiger partial charge in [-0.1, -0.05) is 24.3 Å². The number of carbonyl (C=O) groups is 1. The topological polar surface area (TPSA) is 38.1 Å². The lowest BCUT2D eigenvalue weighted by Crippen LogP contribution is -2.11. The molecule has 0 aliphatic rings. The van der Waals surface area contributed by atoms with Crippen molar-refractivity contribution in [1.29, 1.82) is 0 Å². The maximum Gasteiger partial charge on any atom is 0.222 e. The van der Waals surface area contributed by atoms with E-state index in [9.17, 15) is 9.18 Å². The molecule has 122 valence electrons. The Morgan fingerprint density at radius 2 is 1.88 bits per heavy atom. The van der Waals surface area contributed by atoms with Gasteiger partial charge < -0.3 is 9.47 Å². The summed E-state index contributed by atoms with van der Waals surface area (Å²) in [7, 11) is 3.70. The zero-order chi connectivity index (χ0) is 17.1. The van der Waals surface area contributed by atoms with E-state index in [1.54, 1.807) is 23.2 Å². The standard InChI is InChI=1S/C19H18FN3O/c1-22(2)12-11-18(24)19-21-16-5-3-4-6-17(16)23(19)13-14-7-9-15(20)10-8-14/h3-12H,13H2,1-2H3/b12-11-. The summed E-state index contributed by atoms with van der Waals surface area (Å²) in [6.07, 6.45) is 3.20. The van der Waals surface area contributed by atoms with Crippen LogP contribution in [-0.2, 0) is 6.54 Å². The number of benzene rings is 2. The highest BCUT2D eigenvalue weighted by Gasteiger charge is 2.15. The number of halogens is 1. The zero-order valence-corrected chi connectivity index (χ0v) is 13.6. The molecule has 5 heteroatoms. The van der Waals surface area contributed by atoms with E-state index in [1.807, 2.05) is 42.9 Å². The normalized spacial score (nSPS) is 11.3. The Labute approximate surface area is 139 Å². The van der Waals surface area contributed by atoms with E-state index in [1.165, 1.54) is 18.2 Å². The van der Waals surface area contributed by atoms with Crippen LogP contribution in [0.2, 0.25) is 0 Å². The van der Waals surface area contributed by atoms with Crippen LogP contribution in [0.1, 0.15) is 16.2 Å². The van der Waals surface area contributed by atoms with E-state index in [0.29, 0.717) is 12.4 Å². The third-order valence-electron chi connectivity index (χ3n) is 3.65. The number of aromatic nitrogens is 2. The molecule has 1 aromatic heterocycles. The van der Waals surface area contributed by atoms with Crippen LogP contribution < -0.4 is 0 Å². The summed E-state index contributed by atoms with van der Waals surface area (Å²) in [6.45, 7) is 0.456. The van der Waals surface area contributed by atoms with Crippen molar-refractivity contribution in [3.63, 3.8) is 0 Å². The van der Waals surface area contributed by atoms with Crippen LogP contribution in [0.15, 0.2) is 60.8 Å². The number of carbonyl (C=O) groups excluding carboxylic acids is 1. The molecular weight excluding hydrogens is 305 g/mol. The smallest absolute Gasteiger partial charge is 0.222 e. The Hall–Kier alpha value is -2.95. The van der Waals surface area contributed by atoms with E-state index in [0.717, 1.165) is 16.6 Å². The maximum atomic E-state index is 13.1. The molecule has 0 amide bonds. The highest BCUT2D eigenvalue weighted by Crippen LogP contribution is 2.19. The summed E-state index contributed by atoms with van der Waals surface area (Å²) in [4.78, 5) is 18.8. The van der Waals surface area contributed by atoms with Gasteiger partial charge in [0.05, 0.1) is 11.0 Å². The molecule has 0 aliphatic heterocycles. The highest BCUT2D eigenvalue weighted by atomic mass is 19.1. The molecule has 4 nitrogen and oxygen atoms in total. The molecule has 0 N–H and O–H groups in total. The van der Waals surface area contributed by atoms with E-state index < -0.39 is 0 Å². The fourth-order valence-electron chi connectivity index (χ4n) is 2.49. The lowest BCUT2D eigenvalue weighted by Gasteiger charge is -2.08. The summed E-state index contributed by atoms with van der Waals surface area (Å²) in [5.74, 6) is -0.0694. The number of rotatable bonds is 5. The average Bonchev–Trinajstić information content (AvgIpc) is 2.93. The molecule has 24 heavy (non-hydrogen) atoms. The monoisotopic (exact) mass is 323 g/mol. The predicted octanol–water partition coefficient (Wildman–Crippen LogP) is 3.48. The van der Waals surface area contributed by atoms with Crippen molar-refractivity contribution >= 4 is 16.8 Å². The van der Waals surface area contributed by atoms with Gasteiger partial charge in [-0.15, -0.1) is 0 Å². The summed E-state index contributed by atoms with van der Waals surface area (Å²) in [6, 6.07) is 13.9. The zero-order valence-electron chi connectivity index (χ0n) is 13.6. The fourth-order valence-corrected chi connectivity index (χ4v) is 2.49. The molecule has 0 atom stereocenters. The van der Waals surface area contributed by atoms with Gasteiger partial charge in [-0.2, -0.15) is 0 Å². The van der Waals surface area contributed by atoms with Crippen molar-refractivity contribution in [2.75, 3.05) is 14.1 Å². The van der Waals surface area contributed by atoms with Gasteiger partial charge in [-0.25, -0.2) is 9.37 Å². The summed E-state index contributed by atoms with van der Waals surface area (Å²) in [5.41, 5.74) is 2.55. The quantitative estimate of drug-likeness (QED) is 0.533. The average molecular weight is 323 g/mol. The van der Waals surface area contributed by atoms with Crippen LogP contribution in [0.25, 0.3) is 11.0 Å². The van der Waals surface area contributed by atoms with Gasteiger partial charge >= 0.3 is 0 Å². The van der Waals surface area contributed by atoms with Crippen LogP contribution in [0.4, 0.5) is 4.39 Å². The van der Waals surface area contributed by atoms with Crippen molar-refractivity contribution in [2.24, 2.45) is 0 Å². The van der Waals surface area contributed by atoms with E-state index in [-0.39, 0.29) is 11.6 Å². The van der Waals surface area contributed by atoms with Crippen molar-refractivity contribution in [3.8, 4) is 0 Å². The summed E-state index contributed by atoms with van der Waals surface area (Å²) >= 11 is 0. The Morgan fingerprint density at radius 1 is 1.17 bits per heavy atom. The predicted molar refractivity (Wildman–Crippen MR) is 92.4 cm³/mol. The van der Waals surface area contributed by atoms with Gasteiger partial charge in [-0.3, -0.25) is 4.79 Å². The lowest BCUT2D eigenvalue weighted by molar-refractivity contribution is 0.103. The lowest BCUT2D eigenvalue weighted by atomic mass is 10.2. The number of imidazole rings is 1. The van der Waals surface area contributed by atoms with Gasteiger partial charge in [0, 0.05) is 32.9 Å². The van der Waals surface area contributed by atoms with Crippen LogP contribution in [0.3, 0.4) is 0 Å². The van der Waals surface area contributed by atoms with Gasteiger partial charge in [0.1, 0.15) is 5.82 Å². The number of fused-ring (bicyclic) bond motifs is 1. The Bertz CT molecular complexity index is 895. The van der Waals surface area contributed by atoms with Gasteiger partial charge in [-0.05, 0) is 29.8 Å². The molecule has 0 bridgehead atoms. The first-order valence-electron chi connectivity index (χ1n) is 7.63. The van der Waals surface area contributed by atoms with Crippen molar-refractivity contribution in [2.45, 2.75) is 6.54 Å². The number of para-hydroxylation sites is 2. The Balaban J connectivity index is 2.05. The van der Waals surface area contributed by atoms with Crippen LogP contribution in [0.5, 0.6) is 0 Å². The molecule has 0 saturated carbocycles. The number of allylic oxidation sites excluding steroid dienone is 1. The first-order valence-corrected chi connectivity index (χ1v) is 7.63. The van der Waals surface area contributed by atoms with Crippen LogP contribution >= 0.6 is 0 Å². The Kier molecular flexibility index (Phi) is 4.42. The summed E-state index contributed by atoms with van der Waals surface area (Å²) in [5, 5.41) is 0. The number of hydrogen-bond acceptors (Lipinski definition) is 3. The largest absolute Gasteiger partial charge is 0.383 e. The molecule has 0 aliphatic carbocycles. The van der Waals surface area contributed by atoms with Gasteiger partial charge in [0.2, 0.25) is 5.78 Å². The van der Waals surface area contributed by atoms with Crippen LogP contribution in [0, 0.1) is 5.82 Å². The summed E-state index contributed by atoms with van der Waals surface area (Å²) < 4.78 is 15.0. The number of nitrogens with zero attached hydrogens (tertiary/aromatic N) is 3. The molecular formula is C19H18FN3O. The fraction of sp³-hybridized carbons (Fsp3) is 0.158. The second-order valence-corrected chi connectivity index (χ2v) is 5.78. The molecule has 0 saturated heterocycles. The van der Waals surface area contributed by atoms with E-state index >= 15 is 0 Å². The molecule has 2 aromatic carbocycles. The van der Waals surface area contributed by atoms with Crippen LogP contribution in [-0.4, -0.2) is 34.3 Å². The van der Waals surface area contributed by atoms with Crippen molar-refractivity contribution < 1.29 is 9.18 Å². The number of hydrogen-bond donors (Lipinski definition) is 0. The van der Waals surface area contributed by atoms with Crippen molar-refractivity contribution in [3.05, 3.63) is 78.0 Å². The molecule has 3 rings (SSSR count). The first kappa shape index (κ1) is 15.9. The second kappa shape index (κ2) is 6.66. The minimum atomic E-state index is -0.278. The molecule has 0 fully saturated rings. The van der Waals surface area contributed by atoms with Crippen molar-refractivity contribution in [1.82, 2.24) is 14.5 Å². The SMILES string of the molecule is CN(C)/C=C\C(=O)c1nc2ccccc2n1Cc1ccc(F)cc1. The Morgan fingerprint density at radius 3 is 2.58 bits per heavy atom.